The average molecular weight is 909 g/mol. The summed E-state index contributed by atoms with van der Waals surface area (Å²) in [6.45, 7) is 0. The van der Waals surface area contributed by atoms with Gasteiger partial charge in [0.05, 0.1) is 5.41 Å². The first-order valence-corrected chi connectivity index (χ1v) is 20.0. The van der Waals surface area contributed by atoms with Gasteiger partial charge in [0.15, 0.2) is 0 Å². The summed E-state index contributed by atoms with van der Waals surface area (Å²) in [6.07, 6.45) is 0. The fourth-order valence-electron chi connectivity index (χ4n) is 6.07. The fourth-order valence-corrected chi connectivity index (χ4v) is 7.87. The first-order chi connectivity index (χ1) is 25.7. The molecular formula is C29H12F12O12S4. The van der Waals surface area contributed by atoms with Crippen LogP contribution in [0.25, 0.3) is 22.3 Å². The topological polar surface area (TPSA) is 173 Å². The van der Waals surface area contributed by atoms with Crippen LogP contribution in [0.5, 0.6) is 23.0 Å². The molecule has 57 heavy (non-hydrogen) atoms. The molecule has 0 aliphatic heterocycles. The molecule has 2 aliphatic rings. The summed E-state index contributed by atoms with van der Waals surface area (Å²) < 4.78 is 270. The van der Waals surface area contributed by atoms with Crippen molar-refractivity contribution in [2.75, 3.05) is 0 Å². The van der Waals surface area contributed by atoms with Crippen LogP contribution in [0.4, 0.5) is 52.7 Å². The minimum Gasteiger partial charge on any atom is -0.376 e. The van der Waals surface area contributed by atoms with E-state index in [0.717, 1.165) is 24.3 Å². The minimum atomic E-state index is -6.39. The van der Waals surface area contributed by atoms with Gasteiger partial charge in [0.1, 0.15) is 23.0 Å². The summed E-state index contributed by atoms with van der Waals surface area (Å²) >= 11 is 0. The first-order valence-electron chi connectivity index (χ1n) is 14.4. The van der Waals surface area contributed by atoms with Gasteiger partial charge < -0.3 is 16.7 Å². The number of rotatable bonds is 8. The lowest BCUT2D eigenvalue weighted by Gasteiger charge is -2.30. The monoisotopic (exact) mass is 908 g/mol. The SMILES string of the molecule is O=S(=O)(Oc1ccc2c(c1)-c1cc(OS(=O)(=O)C(F)(F)F)ccc1C21c2ccc(OS(=O)(=O)C(F)(F)F)cc2-c2cc(OS(=O)(=O)C(F)(F)F)ccc21)C(F)(F)F. The van der Waals surface area contributed by atoms with Crippen molar-refractivity contribution in [2.24, 2.45) is 0 Å². The van der Waals surface area contributed by atoms with Crippen molar-refractivity contribution in [3.63, 3.8) is 0 Å². The Morgan fingerprint density at radius 3 is 0.667 bits per heavy atom. The third kappa shape index (κ3) is 6.73. The van der Waals surface area contributed by atoms with Gasteiger partial charge in [-0.25, -0.2) is 0 Å². The molecule has 0 atom stereocenters. The van der Waals surface area contributed by atoms with Crippen molar-refractivity contribution >= 4 is 40.5 Å². The van der Waals surface area contributed by atoms with E-state index in [1.807, 2.05) is 0 Å². The maximum Gasteiger partial charge on any atom is 0.534 e. The molecule has 6 rings (SSSR count). The van der Waals surface area contributed by atoms with Crippen LogP contribution in [0.3, 0.4) is 0 Å². The van der Waals surface area contributed by atoms with E-state index in [1.165, 1.54) is 0 Å². The van der Waals surface area contributed by atoms with E-state index in [-0.39, 0.29) is 22.3 Å². The lowest BCUT2D eigenvalue weighted by Crippen LogP contribution is -2.29. The predicted molar refractivity (Wildman–Crippen MR) is 165 cm³/mol. The number of benzene rings is 4. The molecule has 0 bridgehead atoms. The Bertz CT molecular complexity index is 2430. The zero-order valence-corrected chi connectivity index (χ0v) is 29.8. The predicted octanol–water partition coefficient (Wildman–Crippen LogP) is 6.94. The zero-order chi connectivity index (χ0) is 42.7. The molecule has 308 valence electrons. The second-order valence-electron chi connectivity index (χ2n) is 11.5. The quantitative estimate of drug-likeness (QED) is 0.0876. The van der Waals surface area contributed by atoms with E-state index >= 15 is 0 Å². The molecule has 12 nitrogen and oxygen atoms in total. The maximum absolute atomic E-state index is 13.2. The van der Waals surface area contributed by atoms with Crippen LogP contribution in [0, 0.1) is 0 Å². The summed E-state index contributed by atoms with van der Waals surface area (Å²) in [7, 11) is -25.6. The molecule has 0 radical (unpaired) electrons. The molecule has 0 saturated carbocycles. The number of alkyl halides is 12. The molecule has 0 amide bonds. The minimum absolute atomic E-state index is 0.210. The molecule has 0 unspecified atom stereocenters. The van der Waals surface area contributed by atoms with Gasteiger partial charge in [0, 0.05) is 0 Å². The Kier molecular flexibility index (Phi) is 9.15. The number of hydrogen-bond donors (Lipinski definition) is 0. The van der Waals surface area contributed by atoms with Crippen molar-refractivity contribution in [2.45, 2.75) is 27.4 Å². The highest BCUT2D eigenvalue weighted by Crippen LogP contribution is 2.64. The highest BCUT2D eigenvalue weighted by molar-refractivity contribution is 7.88. The van der Waals surface area contributed by atoms with Gasteiger partial charge in [0.2, 0.25) is 0 Å². The molecule has 0 N–H and O–H groups in total. The normalized spacial score (nSPS) is 15.4. The van der Waals surface area contributed by atoms with E-state index in [2.05, 4.69) is 16.7 Å². The first kappa shape index (κ1) is 41.7. The summed E-state index contributed by atoms with van der Waals surface area (Å²) in [5.74, 6) is -4.37. The number of halogens is 12. The molecule has 1 spiro atoms. The molecular weight excluding hydrogens is 897 g/mol. The summed E-state index contributed by atoms with van der Waals surface area (Å²) in [6, 6.07) is 8.52. The van der Waals surface area contributed by atoms with Crippen molar-refractivity contribution < 1.29 is 103 Å². The van der Waals surface area contributed by atoms with Crippen LogP contribution in [-0.4, -0.2) is 55.7 Å². The Morgan fingerprint density at radius 2 is 0.509 bits per heavy atom. The number of hydrogen-bond acceptors (Lipinski definition) is 12. The van der Waals surface area contributed by atoms with Crippen LogP contribution in [-0.2, 0) is 45.9 Å². The molecule has 4 aromatic rings. The highest BCUT2D eigenvalue weighted by atomic mass is 32.2. The third-order valence-corrected chi connectivity index (χ3v) is 12.0. The van der Waals surface area contributed by atoms with Crippen LogP contribution >= 0.6 is 0 Å². The molecule has 28 heteroatoms. The second kappa shape index (κ2) is 12.5. The molecule has 0 fully saturated rings. The van der Waals surface area contributed by atoms with Crippen molar-refractivity contribution in [3.8, 4) is 45.3 Å². The highest BCUT2D eigenvalue weighted by Gasteiger charge is 2.55. The van der Waals surface area contributed by atoms with Crippen LogP contribution in [0.1, 0.15) is 22.3 Å². The Morgan fingerprint density at radius 1 is 0.333 bits per heavy atom. The third-order valence-electron chi connectivity index (χ3n) is 8.12. The van der Waals surface area contributed by atoms with Crippen LogP contribution in [0.15, 0.2) is 72.8 Å². The van der Waals surface area contributed by atoms with Gasteiger partial charge in [-0.3, -0.25) is 0 Å². The van der Waals surface area contributed by atoms with Crippen molar-refractivity contribution in [1.29, 1.82) is 0 Å². The lowest BCUT2D eigenvalue weighted by atomic mass is 9.70. The molecule has 0 aromatic heterocycles. The van der Waals surface area contributed by atoms with Gasteiger partial charge in [-0.05, 0) is 93.0 Å². The fraction of sp³-hybridized carbons (Fsp3) is 0.172. The molecule has 2 aliphatic carbocycles. The number of fused-ring (bicyclic) bond motifs is 10. The van der Waals surface area contributed by atoms with E-state index in [1.54, 1.807) is 0 Å². The smallest absolute Gasteiger partial charge is 0.376 e. The van der Waals surface area contributed by atoms with Gasteiger partial charge in [-0.2, -0.15) is 86.4 Å². The van der Waals surface area contributed by atoms with Crippen LogP contribution in [0.2, 0.25) is 0 Å². The van der Waals surface area contributed by atoms with Gasteiger partial charge in [-0.15, -0.1) is 0 Å². The Labute approximate surface area is 310 Å². The second-order valence-corrected chi connectivity index (χ2v) is 17.7. The van der Waals surface area contributed by atoms with E-state index in [9.17, 15) is 86.4 Å². The maximum atomic E-state index is 13.2. The van der Waals surface area contributed by atoms with Gasteiger partial charge in [0.25, 0.3) is 0 Å². The lowest BCUT2D eigenvalue weighted by molar-refractivity contribution is -0.0504. The summed E-state index contributed by atoms with van der Waals surface area (Å²) in [5.41, 5.74) is -28.7. The van der Waals surface area contributed by atoms with E-state index in [4.69, 9.17) is 0 Å². The van der Waals surface area contributed by atoms with E-state index in [0.29, 0.717) is 48.5 Å². The standard InChI is InChI=1S/C29H12F12O12S4/c30-26(31,32)54(42,43)50-13-1-5-21-17(9-13)18-10-14(51-55(44,45)27(33,34)35)2-6-22(18)25(21)23-7-3-15(52-56(46,47)28(36,37)38)11-19(23)20-12-16(4-8-24(20)25)53-57(48,49)29(39,40)41/h1-12H. The molecule has 0 heterocycles. The Hall–Kier alpha value is -4.96. The average Bonchev–Trinajstić information content (AvgIpc) is 3.47. The van der Waals surface area contributed by atoms with Gasteiger partial charge in [-0.1, -0.05) is 24.3 Å². The molecule has 4 aromatic carbocycles. The van der Waals surface area contributed by atoms with E-state index < -0.39 is 113 Å². The van der Waals surface area contributed by atoms with Gasteiger partial charge >= 0.3 is 62.5 Å². The zero-order valence-electron chi connectivity index (χ0n) is 26.5. The molecule has 0 saturated heterocycles. The van der Waals surface area contributed by atoms with Crippen molar-refractivity contribution in [1.82, 2.24) is 0 Å². The summed E-state index contributed by atoms with van der Waals surface area (Å²) in [4.78, 5) is 0. The van der Waals surface area contributed by atoms with Crippen molar-refractivity contribution in [3.05, 3.63) is 95.1 Å². The Balaban J connectivity index is 1.67. The summed E-state index contributed by atoms with van der Waals surface area (Å²) in [5, 5.41) is 0. The van der Waals surface area contributed by atoms with Crippen LogP contribution < -0.4 is 16.7 Å². The largest absolute Gasteiger partial charge is 0.534 e.